The Morgan fingerprint density at radius 1 is 1.89 bits per heavy atom. The third-order valence-electron chi connectivity index (χ3n) is 1.55. The largest absolute Gasteiger partial charge is 0.394 e. The average Bonchev–Trinajstić information content (AvgIpc) is 2.10. The summed E-state index contributed by atoms with van der Waals surface area (Å²) in [6.45, 7) is 2.59. The van der Waals surface area contributed by atoms with Crippen molar-refractivity contribution in [3.8, 4) is 0 Å². The first kappa shape index (κ1) is 7.10. The molecule has 0 amide bonds. The van der Waals surface area contributed by atoms with E-state index in [1.807, 2.05) is 6.92 Å². The summed E-state index contributed by atoms with van der Waals surface area (Å²) < 4.78 is 5.14. The Balaban J connectivity index is 2.38. The third-order valence-corrected chi connectivity index (χ3v) is 1.55. The molecule has 9 heavy (non-hydrogen) atoms. The smallest absolute Gasteiger partial charge is 0.0804 e. The van der Waals surface area contributed by atoms with Gasteiger partial charge in [-0.2, -0.15) is 0 Å². The number of hydrogen-bond acceptors (Lipinski definition) is 2. The summed E-state index contributed by atoms with van der Waals surface area (Å²) in [6, 6.07) is 0. The van der Waals surface area contributed by atoms with Gasteiger partial charge in [0.05, 0.1) is 20.6 Å². The minimum absolute atomic E-state index is 0.0278. The molecule has 0 aromatic rings. The van der Waals surface area contributed by atoms with E-state index < -0.39 is 0 Å². The molecule has 1 N–H and O–H groups in total. The second-order valence-electron chi connectivity index (χ2n) is 2.97. The summed E-state index contributed by atoms with van der Waals surface area (Å²) in [5.41, 5.74) is 0. The zero-order chi connectivity index (χ0) is 6.91. The summed E-state index contributed by atoms with van der Waals surface area (Å²) in [4.78, 5) is 0. The highest BCUT2D eigenvalue weighted by Crippen LogP contribution is 2.34. The van der Waals surface area contributed by atoms with Gasteiger partial charge in [0.2, 0.25) is 0 Å². The normalized spacial score (nSPS) is 43.6. The van der Waals surface area contributed by atoms with E-state index in [2.05, 4.69) is 0 Å². The number of ether oxygens (including phenoxy) is 1. The van der Waals surface area contributed by atoms with Crippen LogP contribution in [0.25, 0.3) is 0 Å². The number of rotatable bonds is 1. The molecular weight excluding hydrogens is 115 g/mol. The van der Waals surface area contributed by atoms with Crippen molar-refractivity contribution < 1.29 is 9.84 Å². The number of aliphatic hydroxyl groups is 1. The number of hydrogen-bond donors (Lipinski definition) is 1. The van der Waals surface area contributed by atoms with Crippen molar-refractivity contribution in [2.75, 3.05) is 13.2 Å². The van der Waals surface area contributed by atoms with Crippen LogP contribution in [0.5, 0.6) is 0 Å². The Morgan fingerprint density at radius 3 is 2.78 bits per heavy atom. The van der Waals surface area contributed by atoms with E-state index in [1.165, 1.54) is 0 Å². The van der Waals surface area contributed by atoms with Crippen molar-refractivity contribution in [3.63, 3.8) is 0 Å². The van der Waals surface area contributed by atoms with E-state index in [0.29, 0.717) is 6.61 Å². The molecule has 1 rings (SSSR count). The van der Waals surface area contributed by atoms with Gasteiger partial charge in [0.1, 0.15) is 0 Å². The topological polar surface area (TPSA) is 29.5 Å². The highest BCUT2D eigenvalue weighted by atomic mass is 16.5. The SMILES string of the molecule is [B][C@@]1(C)CO[C@H](CO)C1. The maximum absolute atomic E-state index is 8.62. The summed E-state index contributed by atoms with van der Waals surface area (Å²) in [6.07, 6.45) is 0.740. The van der Waals surface area contributed by atoms with Gasteiger partial charge in [-0.1, -0.05) is 6.92 Å². The first-order valence-electron chi connectivity index (χ1n) is 3.15. The summed E-state index contributed by atoms with van der Waals surface area (Å²) >= 11 is 0. The van der Waals surface area contributed by atoms with Crippen LogP contribution in [0, 0.1) is 0 Å². The average molecular weight is 126 g/mol. The van der Waals surface area contributed by atoms with Crippen LogP contribution in [0.1, 0.15) is 13.3 Å². The molecule has 2 nitrogen and oxygen atoms in total. The van der Waals surface area contributed by atoms with E-state index in [1.54, 1.807) is 0 Å². The molecule has 1 aliphatic heterocycles. The van der Waals surface area contributed by atoms with Crippen LogP contribution in [0.4, 0.5) is 0 Å². The zero-order valence-corrected chi connectivity index (χ0v) is 5.63. The molecule has 1 saturated heterocycles. The molecule has 0 aliphatic carbocycles. The molecule has 0 bridgehead atoms. The lowest BCUT2D eigenvalue weighted by atomic mass is 9.69. The van der Waals surface area contributed by atoms with Crippen molar-refractivity contribution in [2.24, 2.45) is 0 Å². The van der Waals surface area contributed by atoms with E-state index in [-0.39, 0.29) is 18.0 Å². The minimum Gasteiger partial charge on any atom is -0.394 e. The second kappa shape index (κ2) is 2.31. The van der Waals surface area contributed by atoms with Gasteiger partial charge < -0.3 is 9.84 Å². The summed E-state index contributed by atoms with van der Waals surface area (Å²) in [5.74, 6) is 0. The van der Waals surface area contributed by atoms with Crippen molar-refractivity contribution in [2.45, 2.75) is 24.8 Å². The van der Waals surface area contributed by atoms with Crippen LogP contribution >= 0.6 is 0 Å². The first-order chi connectivity index (χ1) is 4.14. The van der Waals surface area contributed by atoms with Crippen LogP contribution < -0.4 is 0 Å². The van der Waals surface area contributed by atoms with Crippen LogP contribution in [0.15, 0.2) is 0 Å². The van der Waals surface area contributed by atoms with E-state index in [0.717, 1.165) is 6.42 Å². The zero-order valence-electron chi connectivity index (χ0n) is 5.63. The molecule has 1 heterocycles. The second-order valence-corrected chi connectivity index (χ2v) is 2.97. The molecule has 2 radical (unpaired) electrons. The molecule has 0 spiro atoms. The van der Waals surface area contributed by atoms with Crippen molar-refractivity contribution >= 4 is 7.85 Å². The van der Waals surface area contributed by atoms with Gasteiger partial charge in [0.25, 0.3) is 0 Å². The quantitative estimate of drug-likeness (QED) is 0.505. The molecule has 50 valence electrons. The van der Waals surface area contributed by atoms with Crippen LogP contribution in [-0.4, -0.2) is 32.3 Å². The fourth-order valence-electron chi connectivity index (χ4n) is 1.06. The molecule has 3 heteroatoms. The molecular formula is C6H11BO2. The Bertz CT molecular complexity index is 103. The molecule has 0 aromatic carbocycles. The first-order valence-corrected chi connectivity index (χ1v) is 3.15. The van der Waals surface area contributed by atoms with Gasteiger partial charge in [-0.15, -0.1) is 0 Å². The lowest BCUT2D eigenvalue weighted by Crippen LogP contribution is -2.11. The van der Waals surface area contributed by atoms with Gasteiger partial charge in [0.15, 0.2) is 0 Å². The van der Waals surface area contributed by atoms with Gasteiger partial charge in [0, 0.05) is 6.61 Å². The van der Waals surface area contributed by atoms with Crippen LogP contribution in [-0.2, 0) is 4.74 Å². The lowest BCUT2D eigenvalue weighted by Gasteiger charge is -2.12. The van der Waals surface area contributed by atoms with Gasteiger partial charge in [-0.05, 0) is 11.7 Å². The highest BCUT2D eigenvalue weighted by Gasteiger charge is 2.30. The van der Waals surface area contributed by atoms with Crippen molar-refractivity contribution in [1.29, 1.82) is 0 Å². The predicted octanol–water partition coefficient (Wildman–Crippen LogP) is 0.115. The fraction of sp³-hybridized carbons (Fsp3) is 1.00. The third kappa shape index (κ3) is 1.70. The van der Waals surface area contributed by atoms with Gasteiger partial charge in [-0.3, -0.25) is 0 Å². The molecule has 0 saturated carbocycles. The monoisotopic (exact) mass is 126 g/mol. The lowest BCUT2D eigenvalue weighted by molar-refractivity contribution is 0.0580. The standard InChI is InChI=1S/C6H11BO2/c1-6(7)2-5(3-8)9-4-6/h5,8H,2-4H2,1H3/t5-,6+/m0/s1. The summed E-state index contributed by atoms with van der Waals surface area (Å²) in [7, 11) is 5.71. The molecule has 2 atom stereocenters. The molecule has 1 aliphatic rings. The Kier molecular flexibility index (Phi) is 1.82. The Morgan fingerprint density at radius 2 is 2.56 bits per heavy atom. The number of aliphatic hydroxyl groups excluding tert-OH is 1. The fourth-order valence-corrected chi connectivity index (χ4v) is 1.06. The van der Waals surface area contributed by atoms with Crippen molar-refractivity contribution in [3.05, 3.63) is 0 Å². The minimum atomic E-state index is -0.215. The van der Waals surface area contributed by atoms with E-state index in [9.17, 15) is 0 Å². The van der Waals surface area contributed by atoms with E-state index in [4.69, 9.17) is 17.7 Å². The summed E-state index contributed by atoms with van der Waals surface area (Å²) in [5, 5.41) is 8.40. The van der Waals surface area contributed by atoms with Crippen LogP contribution in [0.2, 0.25) is 5.31 Å². The predicted molar refractivity (Wildman–Crippen MR) is 35.6 cm³/mol. The highest BCUT2D eigenvalue weighted by molar-refractivity contribution is 6.15. The molecule has 1 fully saturated rings. The maximum atomic E-state index is 8.62. The Labute approximate surface area is 56.6 Å². The van der Waals surface area contributed by atoms with E-state index >= 15 is 0 Å². The molecule has 0 unspecified atom stereocenters. The van der Waals surface area contributed by atoms with Gasteiger partial charge >= 0.3 is 0 Å². The maximum Gasteiger partial charge on any atom is 0.0804 e. The van der Waals surface area contributed by atoms with Gasteiger partial charge in [-0.25, -0.2) is 0 Å². The van der Waals surface area contributed by atoms with Crippen molar-refractivity contribution in [1.82, 2.24) is 0 Å². The molecule has 0 aromatic heterocycles. The van der Waals surface area contributed by atoms with Crippen LogP contribution in [0.3, 0.4) is 0 Å². The Hall–Kier alpha value is -0.0151.